The molecule has 0 unspecified atom stereocenters. The summed E-state index contributed by atoms with van der Waals surface area (Å²) in [5.74, 6) is -0.131. The van der Waals surface area contributed by atoms with Gasteiger partial charge >= 0.3 is 5.97 Å². The molecule has 0 spiro atoms. The SMILES string of the molecule is CCOC(=O)CC/C=C\C(=C/NC)N1CCNCC1. The van der Waals surface area contributed by atoms with Gasteiger partial charge in [-0.25, -0.2) is 0 Å². The van der Waals surface area contributed by atoms with Crippen molar-refractivity contribution in [3.63, 3.8) is 0 Å². The maximum Gasteiger partial charge on any atom is 0.306 e. The van der Waals surface area contributed by atoms with Crippen LogP contribution in [-0.2, 0) is 9.53 Å². The topological polar surface area (TPSA) is 53.6 Å². The predicted molar refractivity (Wildman–Crippen MR) is 76.6 cm³/mol. The first kappa shape index (κ1) is 15.6. The largest absolute Gasteiger partial charge is 0.466 e. The Morgan fingerprint density at radius 2 is 2.16 bits per heavy atom. The van der Waals surface area contributed by atoms with Gasteiger partial charge in [0.15, 0.2) is 0 Å². The third kappa shape index (κ3) is 6.29. The molecule has 0 amide bonds. The van der Waals surface area contributed by atoms with Crippen molar-refractivity contribution in [1.29, 1.82) is 0 Å². The minimum Gasteiger partial charge on any atom is -0.466 e. The third-order valence-electron chi connectivity index (χ3n) is 2.88. The summed E-state index contributed by atoms with van der Waals surface area (Å²) in [7, 11) is 1.90. The average Bonchev–Trinajstić information content (AvgIpc) is 2.43. The number of carbonyl (C=O) groups excluding carboxylic acids is 1. The van der Waals surface area contributed by atoms with Crippen LogP contribution < -0.4 is 10.6 Å². The summed E-state index contributed by atoms with van der Waals surface area (Å²) < 4.78 is 4.89. The molecule has 1 saturated heterocycles. The van der Waals surface area contributed by atoms with Crippen LogP contribution in [0.1, 0.15) is 19.8 Å². The number of ether oxygens (including phenoxy) is 1. The van der Waals surface area contributed by atoms with Crippen molar-refractivity contribution in [3.8, 4) is 0 Å². The van der Waals surface area contributed by atoms with Gasteiger partial charge in [-0.2, -0.15) is 0 Å². The standard InChI is InChI=1S/C14H25N3O2/c1-3-19-14(18)7-5-4-6-13(12-15-2)17-10-8-16-9-11-17/h4,6,12,15-16H,3,5,7-11H2,1-2H3/b6-4-,13-12+. The van der Waals surface area contributed by atoms with Gasteiger partial charge < -0.3 is 20.3 Å². The van der Waals surface area contributed by atoms with Gasteiger partial charge in [-0.05, 0) is 19.4 Å². The van der Waals surface area contributed by atoms with E-state index >= 15 is 0 Å². The van der Waals surface area contributed by atoms with Crippen molar-refractivity contribution in [1.82, 2.24) is 15.5 Å². The molecule has 1 fully saturated rings. The number of nitrogens with one attached hydrogen (secondary N) is 2. The minimum absolute atomic E-state index is 0.131. The van der Waals surface area contributed by atoms with E-state index in [0.29, 0.717) is 19.4 Å². The smallest absolute Gasteiger partial charge is 0.306 e. The number of esters is 1. The zero-order valence-electron chi connectivity index (χ0n) is 11.9. The van der Waals surface area contributed by atoms with Crippen LogP contribution in [0.2, 0.25) is 0 Å². The summed E-state index contributed by atoms with van der Waals surface area (Å²) in [6, 6.07) is 0. The second-order valence-electron chi connectivity index (χ2n) is 4.34. The first-order chi connectivity index (χ1) is 9.27. The van der Waals surface area contributed by atoms with Gasteiger partial charge in [0.2, 0.25) is 0 Å². The van der Waals surface area contributed by atoms with E-state index in [2.05, 4.69) is 21.6 Å². The Hall–Kier alpha value is -1.49. The summed E-state index contributed by atoms with van der Waals surface area (Å²) in [4.78, 5) is 13.5. The lowest BCUT2D eigenvalue weighted by Crippen LogP contribution is -2.42. The highest BCUT2D eigenvalue weighted by molar-refractivity contribution is 5.69. The van der Waals surface area contributed by atoms with Gasteiger partial charge in [0.1, 0.15) is 0 Å². The van der Waals surface area contributed by atoms with Gasteiger partial charge in [0.25, 0.3) is 0 Å². The first-order valence-corrected chi connectivity index (χ1v) is 6.93. The molecule has 19 heavy (non-hydrogen) atoms. The number of allylic oxidation sites excluding steroid dienone is 2. The summed E-state index contributed by atoms with van der Waals surface area (Å²) in [5.41, 5.74) is 1.16. The van der Waals surface area contributed by atoms with Crippen molar-refractivity contribution in [3.05, 3.63) is 24.0 Å². The van der Waals surface area contributed by atoms with Crippen molar-refractivity contribution in [2.24, 2.45) is 0 Å². The molecule has 0 aromatic rings. The van der Waals surface area contributed by atoms with Crippen LogP contribution in [0.3, 0.4) is 0 Å². The van der Waals surface area contributed by atoms with Gasteiger partial charge in [-0.3, -0.25) is 4.79 Å². The monoisotopic (exact) mass is 267 g/mol. The molecule has 0 radical (unpaired) electrons. The van der Waals surface area contributed by atoms with E-state index in [4.69, 9.17) is 4.74 Å². The molecule has 1 rings (SSSR count). The maximum absolute atomic E-state index is 11.2. The van der Waals surface area contributed by atoms with E-state index < -0.39 is 0 Å². The van der Waals surface area contributed by atoms with Crippen LogP contribution in [0.25, 0.3) is 0 Å². The molecule has 0 bridgehead atoms. The fourth-order valence-electron chi connectivity index (χ4n) is 1.95. The lowest BCUT2D eigenvalue weighted by atomic mass is 10.2. The lowest BCUT2D eigenvalue weighted by Gasteiger charge is -2.30. The Morgan fingerprint density at radius 3 is 2.79 bits per heavy atom. The van der Waals surface area contributed by atoms with Crippen LogP contribution >= 0.6 is 0 Å². The number of rotatable bonds is 7. The van der Waals surface area contributed by atoms with Crippen molar-refractivity contribution < 1.29 is 9.53 Å². The Balaban J connectivity index is 2.40. The molecule has 0 atom stereocenters. The number of hydrogen-bond acceptors (Lipinski definition) is 5. The maximum atomic E-state index is 11.2. The first-order valence-electron chi connectivity index (χ1n) is 6.93. The van der Waals surface area contributed by atoms with Crippen LogP contribution in [0.4, 0.5) is 0 Å². The van der Waals surface area contributed by atoms with E-state index in [1.165, 1.54) is 0 Å². The van der Waals surface area contributed by atoms with Crippen LogP contribution in [0, 0.1) is 0 Å². The molecule has 0 aliphatic carbocycles. The summed E-state index contributed by atoms with van der Waals surface area (Å²) in [6.45, 7) is 6.32. The highest BCUT2D eigenvalue weighted by Crippen LogP contribution is 2.08. The molecule has 0 aromatic heterocycles. The molecule has 1 heterocycles. The summed E-state index contributed by atoms with van der Waals surface area (Å²) in [5, 5.41) is 6.40. The normalized spacial score (nSPS) is 16.7. The van der Waals surface area contributed by atoms with Gasteiger partial charge in [-0.1, -0.05) is 6.08 Å². The predicted octanol–water partition coefficient (Wildman–Crippen LogP) is 0.852. The van der Waals surface area contributed by atoms with Crippen LogP contribution in [0.5, 0.6) is 0 Å². The number of piperazine rings is 1. The summed E-state index contributed by atoms with van der Waals surface area (Å²) in [6.07, 6.45) is 7.25. The third-order valence-corrected chi connectivity index (χ3v) is 2.88. The van der Waals surface area contributed by atoms with Crippen molar-refractivity contribution in [2.75, 3.05) is 39.8 Å². The fraction of sp³-hybridized carbons (Fsp3) is 0.643. The number of carbonyl (C=O) groups is 1. The van der Waals surface area contributed by atoms with Gasteiger partial charge in [0, 0.05) is 45.8 Å². The zero-order chi connectivity index (χ0) is 13.9. The Morgan fingerprint density at radius 1 is 1.42 bits per heavy atom. The molecule has 5 nitrogen and oxygen atoms in total. The molecule has 0 saturated carbocycles. The van der Waals surface area contributed by atoms with Crippen molar-refractivity contribution in [2.45, 2.75) is 19.8 Å². The molecule has 1 aliphatic rings. The Kier molecular flexibility index (Phi) is 7.74. The highest BCUT2D eigenvalue weighted by Gasteiger charge is 2.10. The fourth-order valence-corrected chi connectivity index (χ4v) is 1.95. The van der Waals surface area contributed by atoms with E-state index in [1.54, 1.807) is 0 Å². The van der Waals surface area contributed by atoms with Gasteiger partial charge in [-0.15, -0.1) is 0 Å². The molecular formula is C14H25N3O2. The highest BCUT2D eigenvalue weighted by atomic mass is 16.5. The second kappa shape index (κ2) is 9.44. The molecule has 0 aromatic carbocycles. The Bertz CT molecular complexity index is 321. The quantitative estimate of drug-likeness (QED) is 0.529. The van der Waals surface area contributed by atoms with Gasteiger partial charge in [0.05, 0.1) is 12.3 Å². The Labute approximate surface area is 115 Å². The minimum atomic E-state index is -0.131. The van der Waals surface area contributed by atoms with Crippen LogP contribution in [0.15, 0.2) is 24.0 Å². The number of nitrogens with zero attached hydrogens (tertiary/aromatic N) is 1. The zero-order valence-corrected chi connectivity index (χ0v) is 11.9. The number of hydrogen-bond donors (Lipinski definition) is 2. The average molecular weight is 267 g/mol. The van der Waals surface area contributed by atoms with E-state index in [0.717, 1.165) is 31.9 Å². The van der Waals surface area contributed by atoms with E-state index in [9.17, 15) is 4.79 Å². The molecular weight excluding hydrogens is 242 g/mol. The van der Waals surface area contributed by atoms with Crippen LogP contribution in [-0.4, -0.2) is 50.7 Å². The second-order valence-corrected chi connectivity index (χ2v) is 4.34. The molecule has 2 N–H and O–H groups in total. The molecule has 5 heteroatoms. The molecule has 1 aliphatic heterocycles. The van der Waals surface area contributed by atoms with Crippen molar-refractivity contribution >= 4 is 5.97 Å². The summed E-state index contributed by atoms with van der Waals surface area (Å²) >= 11 is 0. The lowest BCUT2D eigenvalue weighted by molar-refractivity contribution is -0.142. The van der Waals surface area contributed by atoms with E-state index in [1.807, 2.05) is 26.2 Å². The van der Waals surface area contributed by atoms with E-state index in [-0.39, 0.29) is 5.97 Å². The molecule has 108 valence electrons.